The highest BCUT2D eigenvalue weighted by Crippen LogP contribution is 2.36. The van der Waals surface area contributed by atoms with Gasteiger partial charge in [0.2, 0.25) is 0 Å². The van der Waals surface area contributed by atoms with Gasteiger partial charge in [0, 0.05) is 22.0 Å². The first kappa shape index (κ1) is 25.0. The molecule has 2 N–H and O–H groups in total. The highest BCUT2D eigenvalue weighted by atomic mass is 35.5. The summed E-state index contributed by atoms with van der Waals surface area (Å²) < 4.78 is 18.6. The fraction of sp³-hybridized carbons (Fsp3) is 0.174. The molecule has 8 heteroatoms. The topological polar surface area (TPSA) is 58.6 Å². The van der Waals surface area contributed by atoms with Gasteiger partial charge in [0.1, 0.15) is 23.9 Å². The van der Waals surface area contributed by atoms with Crippen molar-refractivity contribution < 1.29 is 19.0 Å². The summed E-state index contributed by atoms with van der Waals surface area (Å²) in [6.45, 7) is -0.0897. The number of benzene rings is 3. The van der Waals surface area contributed by atoms with Gasteiger partial charge in [0.05, 0.1) is 5.02 Å². The Hall–Kier alpha value is -2.31. The molecular weight excluding hydrogens is 464 g/mol. The fourth-order valence-corrected chi connectivity index (χ4v) is 3.54. The molecule has 0 saturated carbocycles. The number of halogens is 4. The van der Waals surface area contributed by atoms with Crippen LogP contribution in [0.3, 0.4) is 0 Å². The molecule has 0 aliphatic carbocycles. The van der Waals surface area contributed by atoms with Crippen LogP contribution in [-0.2, 0) is 11.2 Å². The molecule has 31 heavy (non-hydrogen) atoms. The summed E-state index contributed by atoms with van der Waals surface area (Å²) >= 11 is 18.5. The molecular formula is C23H21Cl3FNO3. The highest BCUT2D eigenvalue weighted by Gasteiger charge is 2.13. The van der Waals surface area contributed by atoms with Crippen LogP contribution in [0, 0.1) is 5.82 Å². The van der Waals surface area contributed by atoms with E-state index in [-0.39, 0.29) is 17.4 Å². The first-order chi connectivity index (χ1) is 14.8. The predicted octanol–water partition coefficient (Wildman–Crippen LogP) is 6.16. The molecule has 0 spiro atoms. The number of carbonyl (C=O) groups excluding carboxylic acids is 1. The molecule has 0 aliphatic rings. The molecule has 0 unspecified atom stereocenters. The molecule has 0 heterocycles. The number of carbonyl (C=O) groups is 1. The van der Waals surface area contributed by atoms with Crippen molar-refractivity contribution in [3.8, 4) is 22.6 Å². The number of hydrogen-bond acceptors (Lipinski definition) is 4. The van der Waals surface area contributed by atoms with Crippen LogP contribution >= 0.6 is 34.8 Å². The first-order valence-corrected chi connectivity index (χ1v) is 10.3. The van der Waals surface area contributed by atoms with Crippen molar-refractivity contribution in [2.24, 2.45) is 0 Å². The zero-order valence-corrected chi connectivity index (χ0v) is 19.2. The average Bonchev–Trinajstić information content (AvgIpc) is 2.73. The van der Waals surface area contributed by atoms with E-state index >= 15 is 0 Å². The lowest BCUT2D eigenvalue weighted by molar-refractivity contribution is -0.109. The molecule has 4 nitrogen and oxygen atoms in total. The molecule has 3 aromatic carbocycles. The van der Waals surface area contributed by atoms with Crippen LogP contribution in [-0.4, -0.2) is 32.1 Å². The molecule has 0 radical (unpaired) electrons. The molecule has 0 aromatic heterocycles. The number of hydrogen-bond donors (Lipinski definition) is 2. The van der Waals surface area contributed by atoms with Crippen LogP contribution < -0.4 is 10.1 Å². The van der Waals surface area contributed by atoms with Crippen molar-refractivity contribution in [3.05, 3.63) is 80.5 Å². The minimum absolute atomic E-state index is 0.0284. The van der Waals surface area contributed by atoms with Crippen LogP contribution in [0.15, 0.2) is 48.5 Å². The monoisotopic (exact) mass is 483 g/mol. The SMILES string of the molecule is CNC.O=CCOc1cc(Cl)c(Cc2ccc(O)c(-c3ccc(F)c(Cl)c3)c2)c(Cl)c1. The minimum atomic E-state index is -0.531. The van der Waals surface area contributed by atoms with Gasteiger partial charge < -0.3 is 15.2 Å². The third-order valence-electron chi connectivity index (χ3n) is 4.11. The maximum absolute atomic E-state index is 13.4. The molecule has 3 aromatic rings. The van der Waals surface area contributed by atoms with Crippen molar-refractivity contribution in [3.63, 3.8) is 0 Å². The Morgan fingerprint density at radius 3 is 2.23 bits per heavy atom. The molecule has 0 atom stereocenters. The van der Waals surface area contributed by atoms with Crippen molar-refractivity contribution in [1.29, 1.82) is 0 Å². The first-order valence-electron chi connectivity index (χ1n) is 9.20. The molecule has 0 amide bonds. The predicted molar refractivity (Wildman–Crippen MR) is 124 cm³/mol. The van der Waals surface area contributed by atoms with Gasteiger partial charge in [-0.1, -0.05) is 46.9 Å². The van der Waals surface area contributed by atoms with Crippen LogP contribution in [0.5, 0.6) is 11.5 Å². The van der Waals surface area contributed by atoms with Gasteiger partial charge in [-0.05, 0) is 67.2 Å². The standard InChI is InChI=1S/C21H14Cl3FO3.C2H7N/c22-17-10-14(28-6-5-26)11-18(23)16(17)8-12-1-4-21(27)15(7-12)13-2-3-20(25)19(24)9-13;1-3-2/h1-5,7,9-11,27H,6,8H2;3H,1-2H3. The Bertz CT molecular complexity index is 1040. The van der Waals surface area contributed by atoms with E-state index in [2.05, 4.69) is 5.32 Å². The lowest BCUT2D eigenvalue weighted by Gasteiger charge is -2.12. The van der Waals surface area contributed by atoms with Gasteiger partial charge in [-0.3, -0.25) is 4.79 Å². The van der Waals surface area contributed by atoms with E-state index in [0.29, 0.717) is 45.2 Å². The van der Waals surface area contributed by atoms with Crippen molar-refractivity contribution >= 4 is 41.1 Å². The number of rotatable bonds is 6. The van der Waals surface area contributed by atoms with E-state index in [1.54, 1.807) is 36.4 Å². The summed E-state index contributed by atoms with van der Waals surface area (Å²) in [5, 5.41) is 13.7. The molecule has 0 bridgehead atoms. The maximum atomic E-state index is 13.4. The van der Waals surface area contributed by atoms with E-state index in [1.807, 2.05) is 14.1 Å². The van der Waals surface area contributed by atoms with Crippen molar-refractivity contribution in [2.75, 3.05) is 20.7 Å². The maximum Gasteiger partial charge on any atom is 0.157 e. The third-order valence-corrected chi connectivity index (χ3v) is 5.07. The lowest BCUT2D eigenvalue weighted by atomic mass is 9.98. The quantitative estimate of drug-likeness (QED) is 0.411. The van der Waals surface area contributed by atoms with E-state index in [4.69, 9.17) is 39.5 Å². The Labute approximate surface area is 195 Å². The molecule has 164 valence electrons. The second-order valence-corrected chi connectivity index (χ2v) is 7.72. The molecule has 0 saturated heterocycles. The molecule has 3 rings (SSSR count). The molecule has 0 aliphatic heterocycles. The zero-order valence-electron chi connectivity index (χ0n) is 16.9. The summed E-state index contributed by atoms with van der Waals surface area (Å²) in [6, 6.07) is 12.5. The van der Waals surface area contributed by atoms with Gasteiger partial charge in [0.15, 0.2) is 6.29 Å². The second kappa shape index (κ2) is 11.9. The molecule has 0 fully saturated rings. The van der Waals surface area contributed by atoms with Gasteiger partial charge in [0.25, 0.3) is 0 Å². The van der Waals surface area contributed by atoms with Crippen LogP contribution in [0.1, 0.15) is 11.1 Å². The van der Waals surface area contributed by atoms with Crippen LogP contribution in [0.2, 0.25) is 15.1 Å². The van der Waals surface area contributed by atoms with Crippen LogP contribution in [0.25, 0.3) is 11.1 Å². The Morgan fingerprint density at radius 2 is 1.65 bits per heavy atom. The van der Waals surface area contributed by atoms with Crippen molar-refractivity contribution in [1.82, 2.24) is 5.32 Å². The van der Waals surface area contributed by atoms with Gasteiger partial charge >= 0.3 is 0 Å². The lowest BCUT2D eigenvalue weighted by Crippen LogP contribution is -1.99. The highest BCUT2D eigenvalue weighted by molar-refractivity contribution is 6.36. The summed E-state index contributed by atoms with van der Waals surface area (Å²) in [5.41, 5.74) is 2.60. The number of ether oxygens (including phenoxy) is 1. The zero-order chi connectivity index (χ0) is 23.0. The average molecular weight is 485 g/mol. The number of nitrogens with one attached hydrogen (secondary N) is 1. The van der Waals surface area contributed by atoms with E-state index in [0.717, 1.165) is 5.56 Å². The van der Waals surface area contributed by atoms with Gasteiger partial charge in [-0.25, -0.2) is 4.39 Å². The van der Waals surface area contributed by atoms with Gasteiger partial charge in [-0.15, -0.1) is 0 Å². The fourth-order valence-electron chi connectivity index (χ4n) is 2.75. The van der Waals surface area contributed by atoms with Crippen LogP contribution in [0.4, 0.5) is 4.39 Å². The number of phenols is 1. The normalized spacial score (nSPS) is 10.3. The summed E-state index contributed by atoms with van der Waals surface area (Å²) in [7, 11) is 3.75. The summed E-state index contributed by atoms with van der Waals surface area (Å²) in [4.78, 5) is 10.4. The second-order valence-electron chi connectivity index (χ2n) is 6.50. The van der Waals surface area contributed by atoms with E-state index in [1.165, 1.54) is 12.1 Å². The van der Waals surface area contributed by atoms with E-state index < -0.39 is 5.82 Å². The summed E-state index contributed by atoms with van der Waals surface area (Å²) in [5.74, 6) is -0.0871. The van der Waals surface area contributed by atoms with Crippen molar-refractivity contribution in [2.45, 2.75) is 6.42 Å². The Kier molecular flexibility index (Phi) is 9.59. The Balaban J connectivity index is 0.00000107. The number of aldehydes is 1. The minimum Gasteiger partial charge on any atom is -0.507 e. The number of phenolic OH excluding ortho intramolecular Hbond substituents is 1. The van der Waals surface area contributed by atoms with Gasteiger partial charge in [-0.2, -0.15) is 0 Å². The smallest absolute Gasteiger partial charge is 0.157 e. The van der Waals surface area contributed by atoms with E-state index in [9.17, 15) is 14.3 Å². The largest absolute Gasteiger partial charge is 0.507 e. The third kappa shape index (κ3) is 6.84. The Morgan fingerprint density at radius 1 is 1.00 bits per heavy atom. The summed E-state index contributed by atoms with van der Waals surface area (Å²) in [6.07, 6.45) is 1.03. The number of aromatic hydroxyl groups is 1.